The first-order valence-electron chi connectivity index (χ1n) is 18.4. The molecular weight excluding hydrogens is 636 g/mol. The van der Waals surface area contributed by atoms with Gasteiger partial charge in [0.05, 0.1) is 24.9 Å². The van der Waals surface area contributed by atoms with Crippen LogP contribution in [0.1, 0.15) is 127 Å². The van der Waals surface area contributed by atoms with E-state index in [1.54, 1.807) is 5.48 Å². The molecule has 11 heteroatoms. The molecule has 0 bridgehead atoms. The minimum Gasteiger partial charge on any atom is -0.392 e. The molecule has 2 heterocycles. The van der Waals surface area contributed by atoms with E-state index in [0.717, 1.165) is 36.0 Å². The summed E-state index contributed by atoms with van der Waals surface area (Å²) in [5.41, 5.74) is 4.57. The Kier molecular flexibility index (Phi) is 13.4. The predicted octanol–water partition coefficient (Wildman–Crippen LogP) is 6.06. The number of carbonyl (C=O) groups excluding carboxylic acids is 3. The van der Waals surface area contributed by atoms with Gasteiger partial charge in [-0.2, -0.15) is 0 Å². The predicted molar refractivity (Wildman–Crippen MR) is 190 cm³/mol. The molecule has 274 valence electrons. The molecule has 6 atom stereocenters. The molecule has 3 fully saturated rings. The van der Waals surface area contributed by atoms with Crippen molar-refractivity contribution in [2.24, 2.45) is 5.92 Å². The van der Waals surface area contributed by atoms with Crippen LogP contribution in [-0.2, 0) is 30.5 Å². The third kappa shape index (κ3) is 10.6. The number of unbranched alkanes of at least 4 members (excludes halogenated alkanes) is 2. The molecule has 1 saturated carbocycles. The third-order valence-corrected chi connectivity index (χ3v) is 10.2. The highest BCUT2D eigenvalue weighted by Crippen LogP contribution is 2.42. The minimum atomic E-state index is -0.695. The van der Waals surface area contributed by atoms with E-state index in [4.69, 9.17) is 14.7 Å². The van der Waals surface area contributed by atoms with Gasteiger partial charge < -0.3 is 25.2 Å². The number of fused-ring (bicyclic) bond motifs is 1. The normalized spacial score (nSPS) is 25.7. The monoisotopic (exact) mass is 692 g/mol. The van der Waals surface area contributed by atoms with Crippen molar-refractivity contribution < 1.29 is 34.2 Å². The molecule has 0 aromatic heterocycles. The van der Waals surface area contributed by atoms with Crippen LogP contribution in [0.3, 0.4) is 0 Å². The Bertz CT molecular complexity index is 1430. The van der Waals surface area contributed by atoms with Gasteiger partial charge in [0, 0.05) is 48.6 Å². The molecule has 2 aromatic carbocycles. The van der Waals surface area contributed by atoms with Crippen LogP contribution in [0.4, 0.5) is 5.69 Å². The largest absolute Gasteiger partial charge is 0.392 e. The Morgan fingerprint density at radius 1 is 0.880 bits per heavy atom. The first kappa shape index (κ1) is 37.9. The van der Waals surface area contributed by atoms with Crippen molar-refractivity contribution in [3.05, 3.63) is 65.2 Å². The molecule has 5 rings (SSSR count). The van der Waals surface area contributed by atoms with E-state index in [1.165, 1.54) is 19.3 Å². The average molecular weight is 693 g/mol. The minimum absolute atomic E-state index is 0.0327. The van der Waals surface area contributed by atoms with E-state index in [2.05, 4.69) is 15.5 Å². The molecule has 3 amide bonds. The Morgan fingerprint density at radius 2 is 1.62 bits per heavy atom. The number of ether oxygens (including phenoxy) is 2. The number of nitrogens with zero attached hydrogens (tertiary/aromatic N) is 1. The number of benzene rings is 2. The van der Waals surface area contributed by atoms with E-state index in [-0.39, 0.29) is 48.6 Å². The molecule has 50 heavy (non-hydrogen) atoms. The summed E-state index contributed by atoms with van der Waals surface area (Å²) >= 11 is 0. The molecular formula is C39H56N4O7. The van der Waals surface area contributed by atoms with Crippen LogP contribution in [0.25, 0.3) is 0 Å². The number of piperidine rings is 1. The van der Waals surface area contributed by atoms with Crippen LogP contribution in [-0.4, -0.2) is 63.2 Å². The molecule has 2 aromatic rings. The maximum Gasteiger partial charge on any atom is 0.243 e. The summed E-state index contributed by atoms with van der Waals surface area (Å²) in [6, 6.07) is 15.5. The molecule has 11 nitrogen and oxygen atoms in total. The maximum atomic E-state index is 13.7. The van der Waals surface area contributed by atoms with Gasteiger partial charge in [0.25, 0.3) is 0 Å². The highest BCUT2D eigenvalue weighted by Gasteiger charge is 2.44. The number of aliphatic hydroxyl groups is 1. The number of hydroxylamine groups is 1. The van der Waals surface area contributed by atoms with Gasteiger partial charge in [0.2, 0.25) is 17.7 Å². The second kappa shape index (κ2) is 17.7. The fraction of sp³-hybridized carbons (Fsp3) is 0.615. The smallest absolute Gasteiger partial charge is 0.243 e. The van der Waals surface area contributed by atoms with E-state index >= 15 is 0 Å². The number of hydrogen-bond acceptors (Lipinski definition) is 8. The van der Waals surface area contributed by atoms with Crippen molar-refractivity contribution in [2.75, 3.05) is 11.9 Å². The van der Waals surface area contributed by atoms with Crippen LogP contribution in [0.15, 0.2) is 48.5 Å². The lowest BCUT2D eigenvalue weighted by Gasteiger charge is -2.50. The molecule has 2 aliphatic heterocycles. The lowest BCUT2D eigenvalue weighted by atomic mass is 9.75. The fourth-order valence-corrected chi connectivity index (χ4v) is 7.79. The summed E-state index contributed by atoms with van der Waals surface area (Å²) in [5, 5.41) is 24.5. The van der Waals surface area contributed by atoms with Crippen molar-refractivity contribution in [1.29, 1.82) is 0 Å². The molecule has 0 unspecified atom stereocenters. The molecule has 3 aliphatic rings. The number of likely N-dealkylation sites (tertiary alicyclic amines) is 1. The highest BCUT2D eigenvalue weighted by atomic mass is 16.7. The average Bonchev–Trinajstić information content (AvgIpc) is 3.10. The number of anilines is 1. The summed E-state index contributed by atoms with van der Waals surface area (Å²) in [4.78, 5) is 40.2. The lowest BCUT2D eigenvalue weighted by molar-refractivity contribution is -0.255. The number of carbonyl (C=O) groups is 3. The quantitative estimate of drug-likeness (QED) is 0.0967. The highest BCUT2D eigenvalue weighted by molar-refractivity contribution is 5.90. The van der Waals surface area contributed by atoms with E-state index in [0.29, 0.717) is 56.3 Å². The summed E-state index contributed by atoms with van der Waals surface area (Å²) in [7, 11) is 0. The van der Waals surface area contributed by atoms with Gasteiger partial charge in [-0.15, -0.1) is 0 Å². The van der Waals surface area contributed by atoms with Crippen molar-refractivity contribution in [3.63, 3.8) is 0 Å². The second-order valence-electron chi connectivity index (χ2n) is 15.3. The Hall–Kier alpha value is -3.35. The van der Waals surface area contributed by atoms with Crippen LogP contribution >= 0.6 is 0 Å². The number of rotatable bonds is 13. The zero-order valence-electron chi connectivity index (χ0n) is 29.9. The zero-order valence-corrected chi connectivity index (χ0v) is 29.9. The standard InChI is InChI=1S/C39H56N4O7/c1-39(2,3)41-37(47)33-21-20-27-10-7-8-13-32(27)43(33)24-31-23-34(28-18-16-26(25-44)17-19-28)50-38(49-31)29-11-9-12-30(22-29)40-35(45)14-5-4-6-15-36(46)42-48/h9,11-12,16-19,22,27,31-34,38,44,48H,4-8,10,13-15,20-21,23-25H2,1-3H3,(H,40,45)(H,41,47)(H,42,46)/t27-,31+,32-,33-,34-,38-/m1/s1. The summed E-state index contributed by atoms with van der Waals surface area (Å²) in [5.74, 6) is 0.122. The number of hydrogen-bond donors (Lipinski definition) is 5. The van der Waals surface area contributed by atoms with Gasteiger partial charge in [-0.05, 0) is 88.5 Å². The van der Waals surface area contributed by atoms with Crippen molar-refractivity contribution in [3.8, 4) is 0 Å². The fourth-order valence-electron chi connectivity index (χ4n) is 7.79. The van der Waals surface area contributed by atoms with Crippen molar-refractivity contribution in [2.45, 2.75) is 141 Å². The van der Waals surface area contributed by atoms with Crippen LogP contribution in [0, 0.1) is 5.92 Å². The molecule has 1 aliphatic carbocycles. The Balaban J connectivity index is 1.33. The maximum absolute atomic E-state index is 13.7. The van der Waals surface area contributed by atoms with Gasteiger partial charge >= 0.3 is 0 Å². The Labute approximate surface area is 296 Å². The number of aliphatic hydroxyl groups excluding tert-OH is 1. The van der Waals surface area contributed by atoms with E-state index in [1.807, 2.05) is 69.3 Å². The third-order valence-electron chi connectivity index (χ3n) is 10.2. The van der Waals surface area contributed by atoms with Gasteiger partial charge in [0.15, 0.2) is 6.29 Å². The SMILES string of the molecule is CC(C)(C)NC(=O)[C@H]1CC[C@H]2CCCC[C@H]2N1C[C@@H]1C[C@H](c2ccc(CO)cc2)O[C@H](c2cccc(NC(=O)CCCCCC(=O)NO)c2)O1. The van der Waals surface area contributed by atoms with Gasteiger partial charge in [-0.1, -0.05) is 55.7 Å². The van der Waals surface area contributed by atoms with Crippen LogP contribution in [0.2, 0.25) is 0 Å². The molecule has 0 radical (unpaired) electrons. The van der Waals surface area contributed by atoms with Crippen LogP contribution in [0.5, 0.6) is 0 Å². The topological polar surface area (TPSA) is 149 Å². The number of amides is 3. The second-order valence-corrected chi connectivity index (χ2v) is 15.3. The van der Waals surface area contributed by atoms with Gasteiger partial charge in [-0.25, -0.2) is 5.48 Å². The van der Waals surface area contributed by atoms with Gasteiger partial charge in [0.1, 0.15) is 0 Å². The molecule has 0 spiro atoms. The zero-order chi connectivity index (χ0) is 35.7. The van der Waals surface area contributed by atoms with E-state index in [9.17, 15) is 19.5 Å². The van der Waals surface area contributed by atoms with Crippen molar-refractivity contribution in [1.82, 2.24) is 15.7 Å². The lowest BCUT2D eigenvalue weighted by Crippen LogP contribution is -2.61. The number of nitrogens with one attached hydrogen (secondary N) is 3. The first-order chi connectivity index (χ1) is 24.0. The van der Waals surface area contributed by atoms with Crippen LogP contribution < -0.4 is 16.1 Å². The van der Waals surface area contributed by atoms with E-state index < -0.39 is 12.2 Å². The van der Waals surface area contributed by atoms with Gasteiger partial charge in [-0.3, -0.25) is 24.5 Å². The first-order valence-corrected chi connectivity index (χ1v) is 18.4. The molecule has 2 saturated heterocycles. The summed E-state index contributed by atoms with van der Waals surface area (Å²) in [6.45, 7) is 6.66. The Morgan fingerprint density at radius 3 is 2.34 bits per heavy atom. The van der Waals surface area contributed by atoms with Crippen molar-refractivity contribution >= 4 is 23.4 Å². The summed E-state index contributed by atoms with van der Waals surface area (Å²) < 4.78 is 13.4. The summed E-state index contributed by atoms with van der Waals surface area (Å²) in [6.07, 6.45) is 8.50. The molecule has 5 N–H and O–H groups in total.